The molecular weight excluding hydrogens is 376 g/mol. The summed E-state index contributed by atoms with van der Waals surface area (Å²) in [5.41, 5.74) is 2.73. The van der Waals surface area contributed by atoms with Gasteiger partial charge in [0.05, 0.1) is 10.00 Å². The van der Waals surface area contributed by atoms with Gasteiger partial charge in [-0.05, 0) is 56.9 Å². The molecule has 3 nitrogen and oxygen atoms in total. The van der Waals surface area contributed by atoms with Gasteiger partial charge in [0.1, 0.15) is 0 Å². The van der Waals surface area contributed by atoms with E-state index >= 15 is 0 Å². The lowest BCUT2D eigenvalue weighted by atomic mass is 9.67. The van der Waals surface area contributed by atoms with Crippen LogP contribution in [0.3, 0.4) is 0 Å². The van der Waals surface area contributed by atoms with Crippen molar-refractivity contribution in [3.05, 3.63) is 34.9 Å². The zero-order chi connectivity index (χ0) is 19.0. The molecule has 27 heavy (non-hydrogen) atoms. The standard InChI is InChI=1S/C22H28O3S2/c1-14-6-7-19(15(2)10-14)20(23)13-25-21(24)16-11-17-4-3-5-18(12-16)22(17)26-8-9-27-22/h6-7,10,16-18H,3-5,8-9,11-13H2,1-2H3/t16?,17-,18+. The van der Waals surface area contributed by atoms with Gasteiger partial charge in [-0.3, -0.25) is 9.59 Å². The lowest BCUT2D eigenvalue weighted by Gasteiger charge is -2.51. The molecule has 2 saturated carbocycles. The van der Waals surface area contributed by atoms with Crippen molar-refractivity contribution in [3.63, 3.8) is 0 Å². The van der Waals surface area contributed by atoms with Crippen molar-refractivity contribution in [3.8, 4) is 0 Å². The fourth-order valence-electron chi connectivity index (χ4n) is 5.26. The Labute approximate surface area is 170 Å². The lowest BCUT2D eigenvalue weighted by Crippen LogP contribution is -2.48. The fraction of sp³-hybridized carbons (Fsp3) is 0.636. The van der Waals surface area contributed by atoms with Crippen LogP contribution in [0.4, 0.5) is 0 Å². The Hall–Kier alpha value is -0.940. The largest absolute Gasteiger partial charge is 0.457 e. The number of carbonyl (C=O) groups excluding carboxylic acids is 2. The minimum atomic E-state index is -0.159. The van der Waals surface area contributed by atoms with E-state index in [2.05, 4.69) is 23.5 Å². The number of carbonyl (C=O) groups is 2. The van der Waals surface area contributed by atoms with Crippen LogP contribution in [0.25, 0.3) is 0 Å². The summed E-state index contributed by atoms with van der Waals surface area (Å²) in [6.07, 6.45) is 5.65. The number of ether oxygens (including phenoxy) is 1. The highest BCUT2D eigenvalue weighted by Crippen LogP contribution is 2.64. The normalized spacial score (nSPS) is 28.9. The quantitative estimate of drug-likeness (QED) is 0.520. The Morgan fingerprint density at radius 1 is 1.11 bits per heavy atom. The molecule has 1 saturated heterocycles. The summed E-state index contributed by atoms with van der Waals surface area (Å²) in [6, 6.07) is 5.76. The lowest BCUT2D eigenvalue weighted by molar-refractivity contribution is -0.150. The Morgan fingerprint density at radius 2 is 1.78 bits per heavy atom. The van der Waals surface area contributed by atoms with Gasteiger partial charge < -0.3 is 4.74 Å². The van der Waals surface area contributed by atoms with Crippen molar-refractivity contribution < 1.29 is 14.3 Å². The SMILES string of the molecule is Cc1ccc(C(=O)COC(=O)C2C[C@H]3CCC[C@@H](C2)C32SCCS2)c(C)c1. The van der Waals surface area contributed by atoms with E-state index in [4.69, 9.17) is 4.74 Å². The minimum Gasteiger partial charge on any atom is -0.457 e. The third-order valence-corrected chi connectivity index (χ3v) is 10.5. The highest BCUT2D eigenvalue weighted by Gasteiger charge is 2.55. The van der Waals surface area contributed by atoms with E-state index in [0.29, 0.717) is 21.5 Å². The molecule has 1 aromatic rings. The van der Waals surface area contributed by atoms with E-state index in [9.17, 15) is 9.59 Å². The van der Waals surface area contributed by atoms with Crippen molar-refractivity contribution in [2.75, 3.05) is 18.1 Å². The van der Waals surface area contributed by atoms with Crippen LogP contribution >= 0.6 is 23.5 Å². The zero-order valence-corrected chi connectivity index (χ0v) is 17.8. The summed E-state index contributed by atoms with van der Waals surface area (Å²) in [5, 5.41) is 0. The molecule has 1 aromatic carbocycles. The number of aryl methyl sites for hydroxylation is 2. The molecule has 2 bridgehead atoms. The molecule has 1 aliphatic heterocycles. The van der Waals surface area contributed by atoms with Gasteiger partial charge in [-0.1, -0.05) is 30.2 Å². The van der Waals surface area contributed by atoms with Gasteiger partial charge in [-0.15, -0.1) is 23.5 Å². The molecule has 1 heterocycles. The number of esters is 1. The molecule has 1 unspecified atom stereocenters. The number of hydrogen-bond acceptors (Lipinski definition) is 5. The maximum Gasteiger partial charge on any atom is 0.309 e. The fourth-order valence-corrected chi connectivity index (χ4v) is 9.20. The highest BCUT2D eigenvalue weighted by molar-refractivity contribution is 8.21. The number of benzene rings is 1. The summed E-state index contributed by atoms with van der Waals surface area (Å²) >= 11 is 4.29. The number of rotatable bonds is 4. The second kappa shape index (κ2) is 7.82. The molecule has 0 aromatic heterocycles. The molecule has 0 N–H and O–H groups in total. The van der Waals surface area contributed by atoms with Crippen molar-refractivity contribution in [2.45, 2.75) is 50.0 Å². The Morgan fingerprint density at radius 3 is 2.41 bits per heavy atom. The van der Waals surface area contributed by atoms with Crippen molar-refractivity contribution in [1.82, 2.24) is 0 Å². The minimum absolute atomic E-state index is 0.0281. The van der Waals surface area contributed by atoms with Gasteiger partial charge in [0.2, 0.25) is 5.78 Å². The van der Waals surface area contributed by atoms with Gasteiger partial charge >= 0.3 is 5.97 Å². The average molecular weight is 405 g/mol. The predicted octanol–water partition coefficient (Wildman–Crippen LogP) is 5.03. The van der Waals surface area contributed by atoms with E-state index in [-0.39, 0.29) is 24.3 Å². The molecule has 3 aliphatic rings. The summed E-state index contributed by atoms with van der Waals surface area (Å²) in [7, 11) is 0. The van der Waals surface area contributed by atoms with Crippen LogP contribution in [0.2, 0.25) is 0 Å². The molecule has 5 heteroatoms. The topological polar surface area (TPSA) is 43.4 Å². The van der Waals surface area contributed by atoms with Crippen LogP contribution in [0.15, 0.2) is 18.2 Å². The first-order chi connectivity index (χ1) is 13.0. The molecule has 4 rings (SSSR count). The van der Waals surface area contributed by atoms with E-state index in [1.54, 1.807) is 0 Å². The molecule has 0 amide bonds. The molecular formula is C22H28O3S2. The van der Waals surface area contributed by atoms with Crippen LogP contribution in [-0.4, -0.2) is 33.9 Å². The number of Topliss-reactive ketones (excluding diaryl/α,β-unsaturated/α-hetero) is 1. The van der Waals surface area contributed by atoms with Crippen LogP contribution in [-0.2, 0) is 9.53 Å². The van der Waals surface area contributed by atoms with E-state index in [1.165, 1.54) is 30.8 Å². The van der Waals surface area contributed by atoms with Crippen LogP contribution in [0.1, 0.15) is 53.6 Å². The number of thioether (sulfide) groups is 2. The first-order valence-corrected chi connectivity index (χ1v) is 12.0. The first kappa shape index (κ1) is 19.4. The third kappa shape index (κ3) is 3.69. The summed E-state index contributed by atoms with van der Waals surface area (Å²) < 4.78 is 5.86. The summed E-state index contributed by atoms with van der Waals surface area (Å²) in [4.78, 5) is 25.2. The Bertz CT molecular complexity index is 723. The summed E-state index contributed by atoms with van der Waals surface area (Å²) in [6.45, 7) is 3.80. The number of hydrogen-bond donors (Lipinski definition) is 0. The molecule has 1 spiro atoms. The van der Waals surface area contributed by atoms with Gasteiger partial charge in [-0.2, -0.15) is 0 Å². The second-order valence-electron chi connectivity index (χ2n) is 8.26. The van der Waals surface area contributed by atoms with Gasteiger partial charge in [0.25, 0.3) is 0 Å². The van der Waals surface area contributed by atoms with Gasteiger partial charge in [-0.25, -0.2) is 0 Å². The summed E-state index contributed by atoms with van der Waals surface area (Å²) in [5.74, 6) is 3.45. The molecule has 2 aliphatic carbocycles. The average Bonchev–Trinajstić information content (AvgIpc) is 3.08. The van der Waals surface area contributed by atoms with E-state index < -0.39 is 0 Å². The van der Waals surface area contributed by atoms with Crippen LogP contribution in [0.5, 0.6) is 0 Å². The van der Waals surface area contributed by atoms with E-state index in [0.717, 1.165) is 24.0 Å². The monoisotopic (exact) mass is 404 g/mol. The van der Waals surface area contributed by atoms with Crippen LogP contribution < -0.4 is 0 Å². The predicted molar refractivity (Wildman–Crippen MR) is 112 cm³/mol. The van der Waals surface area contributed by atoms with E-state index in [1.807, 2.05) is 32.0 Å². The Balaban J connectivity index is 1.37. The zero-order valence-electron chi connectivity index (χ0n) is 16.2. The maximum absolute atomic E-state index is 12.7. The first-order valence-electron chi connectivity index (χ1n) is 10.0. The molecule has 3 fully saturated rings. The molecule has 0 radical (unpaired) electrons. The van der Waals surface area contributed by atoms with Crippen LogP contribution in [0, 0.1) is 31.6 Å². The van der Waals surface area contributed by atoms with Crippen molar-refractivity contribution in [1.29, 1.82) is 0 Å². The van der Waals surface area contributed by atoms with Gasteiger partial charge in [0, 0.05) is 17.1 Å². The smallest absolute Gasteiger partial charge is 0.309 e. The third-order valence-electron chi connectivity index (χ3n) is 6.48. The highest BCUT2D eigenvalue weighted by atomic mass is 32.2. The molecule has 3 atom stereocenters. The number of ketones is 1. The second-order valence-corrected chi connectivity index (χ2v) is 11.3. The maximum atomic E-state index is 12.7. The molecule has 146 valence electrons. The Kier molecular flexibility index (Phi) is 5.62. The van der Waals surface area contributed by atoms with Gasteiger partial charge in [0.15, 0.2) is 6.61 Å². The van der Waals surface area contributed by atoms with Crippen molar-refractivity contribution in [2.24, 2.45) is 17.8 Å². The van der Waals surface area contributed by atoms with Crippen molar-refractivity contribution >= 4 is 35.3 Å².